The molecular formula is C16H18BrNO. The van der Waals surface area contributed by atoms with Crippen LogP contribution in [0.25, 0.3) is 0 Å². The monoisotopic (exact) mass is 319 g/mol. The number of benzene rings is 1. The topological polar surface area (TPSA) is 25.2 Å². The molecule has 0 amide bonds. The molecule has 0 radical (unpaired) electrons. The second kappa shape index (κ2) is 5.51. The zero-order valence-corrected chi connectivity index (χ0v) is 12.6. The minimum atomic E-state index is 0.305. The van der Waals surface area contributed by atoms with Crippen LogP contribution in [-0.4, -0.2) is 6.54 Å². The van der Waals surface area contributed by atoms with Crippen molar-refractivity contribution >= 4 is 15.9 Å². The van der Waals surface area contributed by atoms with Crippen LogP contribution in [0.15, 0.2) is 51.6 Å². The van der Waals surface area contributed by atoms with Gasteiger partial charge in [0.05, 0.1) is 16.8 Å². The van der Waals surface area contributed by atoms with Crippen molar-refractivity contribution in [2.75, 3.05) is 6.54 Å². The highest BCUT2D eigenvalue weighted by Crippen LogP contribution is 2.54. The van der Waals surface area contributed by atoms with Crippen LogP contribution in [0.4, 0.5) is 0 Å². The van der Waals surface area contributed by atoms with Crippen molar-refractivity contribution in [3.8, 4) is 0 Å². The third-order valence-corrected chi connectivity index (χ3v) is 4.50. The van der Waals surface area contributed by atoms with E-state index in [4.69, 9.17) is 4.42 Å². The molecule has 3 rings (SSSR count). The minimum Gasteiger partial charge on any atom is -0.466 e. The standard InChI is InChI=1S/C16H18BrNO/c1-2-18-15(16-14(17)8-9-19-16)13-10-12(13)11-6-4-3-5-7-11/h3-9,12-13,15,18H,2,10H2,1H3. The smallest absolute Gasteiger partial charge is 0.135 e. The van der Waals surface area contributed by atoms with Gasteiger partial charge in [-0.3, -0.25) is 0 Å². The minimum absolute atomic E-state index is 0.305. The Morgan fingerprint density at radius 3 is 2.74 bits per heavy atom. The molecule has 3 atom stereocenters. The molecule has 100 valence electrons. The lowest BCUT2D eigenvalue weighted by atomic mass is 10.0. The summed E-state index contributed by atoms with van der Waals surface area (Å²) in [5.41, 5.74) is 1.44. The predicted octanol–water partition coefficient (Wildman–Crippen LogP) is 4.50. The van der Waals surface area contributed by atoms with E-state index >= 15 is 0 Å². The maximum absolute atomic E-state index is 5.66. The largest absolute Gasteiger partial charge is 0.466 e. The first-order valence-electron chi connectivity index (χ1n) is 6.82. The van der Waals surface area contributed by atoms with E-state index in [0.717, 1.165) is 16.8 Å². The Bertz CT molecular complexity index is 537. The van der Waals surface area contributed by atoms with Gasteiger partial charge < -0.3 is 9.73 Å². The molecule has 1 aliphatic carbocycles. The van der Waals surface area contributed by atoms with Crippen LogP contribution in [-0.2, 0) is 0 Å². The first-order chi connectivity index (χ1) is 9.31. The van der Waals surface area contributed by atoms with Crippen molar-refractivity contribution < 1.29 is 4.42 Å². The van der Waals surface area contributed by atoms with Crippen LogP contribution in [0.5, 0.6) is 0 Å². The molecular weight excluding hydrogens is 302 g/mol. The Labute approximate surface area is 122 Å². The lowest BCUT2D eigenvalue weighted by Crippen LogP contribution is -2.23. The molecule has 0 aliphatic heterocycles. The van der Waals surface area contributed by atoms with Crippen LogP contribution in [0, 0.1) is 5.92 Å². The molecule has 19 heavy (non-hydrogen) atoms. The maximum Gasteiger partial charge on any atom is 0.135 e. The molecule has 2 nitrogen and oxygen atoms in total. The summed E-state index contributed by atoms with van der Waals surface area (Å²) in [6.07, 6.45) is 2.98. The Balaban J connectivity index is 1.79. The van der Waals surface area contributed by atoms with Gasteiger partial charge >= 0.3 is 0 Å². The molecule has 0 spiro atoms. The lowest BCUT2D eigenvalue weighted by Gasteiger charge is -2.16. The van der Waals surface area contributed by atoms with Crippen molar-refractivity contribution in [2.24, 2.45) is 5.92 Å². The number of hydrogen-bond donors (Lipinski definition) is 1. The quantitative estimate of drug-likeness (QED) is 0.878. The zero-order chi connectivity index (χ0) is 13.2. The number of rotatable bonds is 5. The van der Waals surface area contributed by atoms with Gasteiger partial charge in [-0.15, -0.1) is 0 Å². The SMILES string of the molecule is CCNC(c1occc1Br)C1CC1c1ccccc1. The lowest BCUT2D eigenvalue weighted by molar-refractivity contribution is 0.382. The molecule has 0 saturated heterocycles. The summed E-state index contributed by atoms with van der Waals surface area (Å²) in [7, 11) is 0. The second-order valence-electron chi connectivity index (χ2n) is 5.08. The summed E-state index contributed by atoms with van der Waals surface area (Å²) in [6, 6.07) is 13.0. The predicted molar refractivity (Wildman–Crippen MR) is 80.1 cm³/mol. The fourth-order valence-corrected chi connectivity index (χ4v) is 3.30. The van der Waals surface area contributed by atoms with E-state index in [2.05, 4.69) is 58.5 Å². The summed E-state index contributed by atoms with van der Waals surface area (Å²) in [6.45, 7) is 3.10. The average molecular weight is 320 g/mol. The van der Waals surface area contributed by atoms with Gasteiger partial charge in [0.25, 0.3) is 0 Å². The van der Waals surface area contributed by atoms with E-state index in [-0.39, 0.29) is 0 Å². The highest BCUT2D eigenvalue weighted by molar-refractivity contribution is 9.10. The number of nitrogens with one attached hydrogen (secondary N) is 1. The molecule has 1 N–H and O–H groups in total. The van der Waals surface area contributed by atoms with Crippen molar-refractivity contribution in [1.82, 2.24) is 5.32 Å². The summed E-state index contributed by atoms with van der Waals surface area (Å²) in [5, 5.41) is 3.56. The van der Waals surface area contributed by atoms with Gasteiger partial charge in [-0.1, -0.05) is 37.3 Å². The molecule has 2 aromatic rings. The highest BCUT2D eigenvalue weighted by atomic mass is 79.9. The van der Waals surface area contributed by atoms with Gasteiger partial charge in [0.1, 0.15) is 5.76 Å². The first-order valence-corrected chi connectivity index (χ1v) is 7.61. The Kier molecular flexibility index (Phi) is 3.76. The van der Waals surface area contributed by atoms with Gasteiger partial charge in [0.15, 0.2) is 0 Å². The second-order valence-corrected chi connectivity index (χ2v) is 5.94. The van der Waals surface area contributed by atoms with Gasteiger partial charge in [0.2, 0.25) is 0 Å². The fourth-order valence-electron chi connectivity index (χ4n) is 2.85. The van der Waals surface area contributed by atoms with Crippen molar-refractivity contribution in [3.05, 3.63) is 58.5 Å². The van der Waals surface area contributed by atoms with Crippen LogP contribution >= 0.6 is 15.9 Å². The number of halogens is 1. The van der Waals surface area contributed by atoms with Gasteiger partial charge in [-0.25, -0.2) is 0 Å². The van der Waals surface area contributed by atoms with E-state index in [1.54, 1.807) is 6.26 Å². The summed E-state index contributed by atoms with van der Waals surface area (Å²) in [4.78, 5) is 0. The highest BCUT2D eigenvalue weighted by Gasteiger charge is 2.45. The fraction of sp³-hybridized carbons (Fsp3) is 0.375. The maximum atomic E-state index is 5.66. The van der Waals surface area contributed by atoms with Crippen molar-refractivity contribution in [2.45, 2.75) is 25.3 Å². The van der Waals surface area contributed by atoms with E-state index in [1.165, 1.54) is 12.0 Å². The molecule has 1 aliphatic rings. The third-order valence-electron chi connectivity index (χ3n) is 3.85. The molecule has 1 saturated carbocycles. The first kappa shape index (κ1) is 12.9. The molecule has 1 fully saturated rings. The van der Waals surface area contributed by atoms with E-state index in [0.29, 0.717) is 17.9 Å². The number of furan rings is 1. The molecule has 0 bridgehead atoms. The van der Waals surface area contributed by atoms with Crippen LogP contribution in [0.2, 0.25) is 0 Å². The van der Waals surface area contributed by atoms with Crippen molar-refractivity contribution in [1.29, 1.82) is 0 Å². The zero-order valence-electron chi connectivity index (χ0n) is 11.0. The Morgan fingerprint density at radius 2 is 2.11 bits per heavy atom. The Morgan fingerprint density at radius 1 is 1.32 bits per heavy atom. The summed E-state index contributed by atoms with van der Waals surface area (Å²) in [5.74, 6) is 2.32. The normalized spacial score (nSPS) is 23.3. The summed E-state index contributed by atoms with van der Waals surface area (Å²) >= 11 is 3.58. The molecule has 3 heteroatoms. The van der Waals surface area contributed by atoms with E-state index < -0.39 is 0 Å². The van der Waals surface area contributed by atoms with E-state index in [1.807, 2.05) is 6.07 Å². The molecule has 1 heterocycles. The van der Waals surface area contributed by atoms with Crippen molar-refractivity contribution in [3.63, 3.8) is 0 Å². The average Bonchev–Trinajstić information content (AvgIpc) is 3.12. The van der Waals surface area contributed by atoms with Gasteiger partial charge in [-0.05, 0) is 52.4 Å². The Hall–Kier alpha value is -1.06. The van der Waals surface area contributed by atoms with Gasteiger partial charge in [-0.2, -0.15) is 0 Å². The molecule has 1 aromatic carbocycles. The number of hydrogen-bond acceptors (Lipinski definition) is 2. The van der Waals surface area contributed by atoms with Crippen LogP contribution in [0.1, 0.15) is 36.6 Å². The van der Waals surface area contributed by atoms with Gasteiger partial charge in [0, 0.05) is 0 Å². The molecule has 3 unspecified atom stereocenters. The van der Waals surface area contributed by atoms with Crippen LogP contribution < -0.4 is 5.32 Å². The third kappa shape index (κ3) is 2.63. The molecule has 1 aromatic heterocycles. The van der Waals surface area contributed by atoms with E-state index in [9.17, 15) is 0 Å². The van der Waals surface area contributed by atoms with Crippen LogP contribution in [0.3, 0.4) is 0 Å². The summed E-state index contributed by atoms with van der Waals surface area (Å²) < 4.78 is 6.72.